The molecule has 0 bridgehead atoms. The van der Waals surface area contributed by atoms with Crippen molar-refractivity contribution in [3.05, 3.63) is 35.0 Å². The highest BCUT2D eigenvalue weighted by Crippen LogP contribution is 2.34. The molecule has 7 nitrogen and oxygen atoms in total. The van der Waals surface area contributed by atoms with Gasteiger partial charge in [0.15, 0.2) is 11.0 Å². The van der Waals surface area contributed by atoms with E-state index in [-0.39, 0.29) is 11.1 Å². The fourth-order valence-corrected chi connectivity index (χ4v) is 2.96. The third-order valence-electron chi connectivity index (χ3n) is 4.00. The SMILES string of the molecule is O=C1Nc2ccc(N3CCNCC3)cc2Nc2nnc(Cl)cc21. The molecule has 0 atom stereocenters. The van der Waals surface area contributed by atoms with Crippen LogP contribution >= 0.6 is 11.6 Å². The largest absolute Gasteiger partial charge is 0.369 e. The highest BCUT2D eigenvalue weighted by Gasteiger charge is 2.22. The second-order valence-corrected chi connectivity index (χ2v) is 5.86. The number of nitrogens with zero attached hydrogens (tertiary/aromatic N) is 3. The molecule has 3 N–H and O–H groups in total. The molecule has 8 heteroatoms. The third kappa shape index (κ3) is 2.69. The van der Waals surface area contributed by atoms with Crippen LogP contribution in [-0.4, -0.2) is 42.3 Å². The van der Waals surface area contributed by atoms with Gasteiger partial charge < -0.3 is 20.9 Å². The van der Waals surface area contributed by atoms with E-state index in [4.69, 9.17) is 11.6 Å². The van der Waals surface area contributed by atoms with Crippen LogP contribution in [0.15, 0.2) is 24.3 Å². The first kappa shape index (κ1) is 14.2. The predicted octanol–water partition coefficient (Wildman–Crippen LogP) is 1.85. The number of hydrogen-bond donors (Lipinski definition) is 3. The normalized spacial score (nSPS) is 16.7. The first-order chi connectivity index (χ1) is 11.2. The molecule has 1 aromatic heterocycles. The number of benzene rings is 1. The summed E-state index contributed by atoms with van der Waals surface area (Å²) in [5.74, 6) is 0.154. The van der Waals surface area contributed by atoms with Crippen molar-refractivity contribution in [2.75, 3.05) is 41.7 Å². The van der Waals surface area contributed by atoms with Gasteiger partial charge in [-0.2, -0.15) is 0 Å². The third-order valence-corrected chi connectivity index (χ3v) is 4.18. The average molecular weight is 331 g/mol. The van der Waals surface area contributed by atoms with Gasteiger partial charge >= 0.3 is 0 Å². The molecular weight excluding hydrogens is 316 g/mol. The lowest BCUT2D eigenvalue weighted by molar-refractivity contribution is 0.102. The second-order valence-electron chi connectivity index (χ2n) is 5.48. The quantitative estimate of drug-likeness (QED) is 0.740. The van der Waals surface area contributed by atoms with Crippen LogP contribution in [0.5, 0.6) is 0 Å². The summed E-state index contributed by atoms with van der Waals surface area (Å²) in [6.07, 6.45) is 0. The molecule has 1 amide bonds. The maximum atomic E-state index is 12.3. The van der Waals surface area contributed by atoms with Crippen molar-refractivity contribution < 1.29 is 4.79 Å². The molecule has 118 valence electrons. The minimum absolute atomic E-state index is 0.188. The molecule has 23 heavy (non-hydrogen) atoms. The fourth-order valence-electron chi connectivity index (χ4n) is 2.81. The van der Waals surface area contributed by atoms with Crippen molar-refractivity contribution in [2.24, 2.45) is 0 Å². The Labute approximate surface area is 138 Å². The van der Waals surface area contributed by atoms with E-state index in [0.29, 0.717) is 17.1 Å². The number of anilines is 4. The molecule has 0 unspecified atom stereocenters. The molecule has 1 fully saturated rings. The van der Waals surface area contributed by atoms with Crippen LogP contribution < -0.4 is 20.9 Å². The summed E-state index contributed by atoms with van der Waals surface area (Å²) in [7, 11) is 0. The van der Waals surface area contributed by atoms with Gasteiger partial charge in [0.1, 0.15) is 0 Å². The average Bonchev–Trinajstić information content (AvgIpc) is 2.71. The Morgan fingerprint density at radius 2 is 1.87 bits per heavy atom. The first-order valence-electron chi connectivity index (χ1n) is 7.42. The topological polar surface area (TPSA) is 82.2 Å². The molecule has 3 heterocycles. The van der Waals surface area contributed by atoms with E-state index in [1.54, 1.807) is 0 Å². The number of halogens is 1. The van der Waals surface area contributed by atoms with Gasteiger partial charge in [0, 0.05) is 31.9 Å². The summed E-state index contributed by atoms with van der Waals surface area (Å²) in [6, 6.07) is 7.45. The summed E-state index contributed by atoms with van der Waals surface area (Å²) >= 11 is 5.84. The number of carbonyl (C=O) groups is 1. The van der Waals surface area contributed by atoms with Crippen LogP contribution in [0.3, 0.4) is 0 Å². The molecule has 0 spiro atoms. The molecule has 2 aliphatic rings. The fraction of sp³-hybridized carbons (Fsp3) is 0.267. The zero-order valence-electron chi connectivity index (χ0n) is 12.3. The number of fused-ring (bicyclic) bond motifs is 2. The van der Waals surface area contributed by atoms with Crippen molar-refractivity contribution in [3.8, 4) is 0 Å². The van der Waals surface area contributed by atoms with Crippen LogP contribution in [0.25, 0.3) is 0 Å². The van der Waals surface area contributed by atoms with Gasteiger partial charge in [-0.3, -0.25) is 4.79 Å². The molecule has 0 saturated carbocycles. The smallest absolute Gasteiger partial charge is 0.259 e. The number of hydrogen-bond acceptors (Lipinski definition) is 6. The maximum absolute atomic E-state index is 12.3. The van der Waals surface area contributed by atoms with Crippen molar-refractivity contribution >= 4 is 40.4 Å². The van der Waals surface area contributed by atoms with E-state index in [9.17, 15) is 4.79 Å². The van der Waals surface area contributed by atoms with Gasteiger partial charge in [-0.25, -0.2) is 0 Å². The van der Waals surface area contributed by atoms with Crippen molar-refractivity contribution in [3.63, 3.8) is 0 Å². The van der Waals surface area contributed by atoms with Crippen LogP contribution in [0, 0.1) is 0 Å². The van der Waals surface area contributed by atoms with Gasteiger partial charge in [-0.05, 0) is 24.3 Å². The van der Waals surface area contributed by atoms with Crippen LogP contribution in [-0.2, 0) is 0 Å². The number of nitrogens with one attached hydrogen (secondary N) is 3. The Kier molecular flexibility index (Phi) is 3.51. The van der Waals surface area contributed by atoms with Crippen molar-refractivity contribution in [1.82, 2.24) is 15.5 Å². The Hall–Kier alpha value is -2.38. The van der Waals surface area contributed by atoms with Gasteiger partial charge in [0.05, 0.1) is 16.9 Å². The van der Waals surface area contributed by atoms with E-state index in [1.165, 1.54) is 6.07 Å². The lowest BCUT2D eigenvalue weighted by Crippen LogP contribution is -2.43. The van der Waals surface area contributed by atoms with E-state index >= 15 is 0 Å². The van der Waals surface area contributed by atoms with E-state index < -0.39 is 0 Å². The maximum Gasteiger partial charge on any atom is 0.259 e. The van der Waals surface area contributed by atoms with Gasteiger partial charge in [0.2, 0.25) is 0 Å². The van der Waals surface area contributed by atoms with Crippen molar-refractivity contribution in [1.29, 1.82) is 0 Å². The van der Waals surface area contributed by atoms with Crippen molar-refractivity contribution in [2.45, 2.75) is 0 Å². The minimum atomic E-state index is -0.252. The summed E-state index contributed by atoms with van der Waals surface area (Å²) in [5, 5.41) is 17.4. The standard InChI is InChI=1S/C15H15ClN6O/c16-13-8-10-14(21-20-13)18-12-7-9(22-5-3-17-4-6-22)1-2-11(12)19-15(10)23/h1-2,7-8,17H,3-6H2,(H,18,21)(H,19,23). The Balaban J connectivity index is 1.72. The van der Waals surface area contributed by atoms with Gasteiger partial charge in [-0.15, -0.1) is 10.2 Å². The predicted molar refractivity (Wildman–Crippen MR) is 89.8 cm³/mol. The molecule has 0 radical (unpaired) electrons. The zero-order valence-corrected chi connectivity index (χ0v) is 13.0. The number of amides is 1. The zero-order chi connectivity index (χ0) is 15.8. The molecule has 1 saturated heterocycles. The number of aromatic nitrogens is 2. The molecular formula is C15H15ClN6O. The number of rotatable bonds is 1. The summed E-state index contributed by atoms with van der Waals surface area (Å²) in [4.78, 5) is 14.6. The molecule has 4 rings (SSSR count). The Bertz CT molecular complexity index is 775. The second kappa shape index (κ2) is 5.68. The highest BCUT2D eigenvalue weighted by atomic mass is 35.5. The number of carbonyl (C=O) groups excluding carboxylic acids is 1. The number of piperazine rings is 1. The lowest BCUT2D eigenvalue weighted by atomic mass is 10.2. The monoisotopic (exact) mass is 330 g/mol. The Morgan fingerprint density at radius 1 is 1.04 bits per heavy atom. The van der Waals surface area contributed by atoms with Gasteiger partial charge in [-0.1, -0.05) is 11.6 Å². The van der Waals surface area contributed by atoms with E-state index in [0.717, 1.165) is 37.6 Å². The Morgan fingerprint density at radius 3 is 2.70 bits per heavy atom. The minimum Gasteiger partial charge on any atom is -0.369 e. The van der Waals surface area contributed by atoms with Gasteiger partial charge in [0.25, 0.3) is 5.91 Å². The lowest BCUT2D eigenvalue weighted by Gasteiger charge is -2.30. The van der Waals surface area contributed by atoms with Crippen LogP contribution in [0.4, 0.5) is 22.9 Å². The highest BCUT2D eigenvalue weighted by molar-refractivity contribution is 6.30. The summed E-state index contributed by atoms with van der Waals surface area (Å²) in [5.41, 5.74) is 3.00. The van der Waals surface area contributed by atoms with Crippen LogP contribution in [0.1, 0.15) is 10.4 Å². The molecule has 1 aromatic carbocycles. The summed E-state index contributed by atoms with van der Waals surface area (Å²) < 4.78 is 0. The molecule has 2 aromatic rings. The summed E-state index contributed by atoms with van der Waals surface area (Å²) in [6.45, 7) is 3.84. The van der Waals surface area contributed by atoms with Crippen LogP contribution in [0.2, 0.25) is 5.15 Å². The molecule has 2 aliphatic heterocycles. The molecule has 0 aliphatic carbocycles. The first-order valence-corrected chi connectivity index (χ1v) is 7.80. The van der Waals surface area contributed by atoms with E-state index in [2.05, 4.69) is 31.0 Å². The van der Waals surface area contributed by atoms with E-state index in [1.807, 2.05) is 18.2 Å².